The van der Waals surface area contributed by atoms with Crippen LogP contribution in [0.4, 0.5) is 13.2 Å². The van der Waals surface area contributed by atoms with Gasteiger partial charge in [-0.2, -0.15) is 18.4 Å². The predicted molar refractivity (Wildman–Crippen MR) is 60.6 cm³/mol. The molecule has 0 unspecified atom stereocenters. The molecule has 1 fully saturated rings. The van der Waals surface area contributed by atoms with Gasteiger partial charge in [-0.3, -0.25) is 0 Å². The van der Waals surface area contributed by atoms with Crippen LogP contribution in [0, 0.1) is 11.3 Å². The van der Waals surface area contributed by atoms with Gasteiger partial charge in [-0.05, 0) is 18.2 Å². The van der Waals surface area contributed by atoms with Crippen molar-refractivity contribution in [2.45, 2.75) is 25.1 Å². The Hall–Kier alpha value is -1.74. The molecule has 0 radical (unpaired) electrons. The molecule has 1 aromatic carbocycles. The Morgan fingerprint density at radius 1 is 1.26 bits per heavy atom. The van der Waals surface area contributed by atoms with Crippen molar-refractivity contribution in [3.63, 3.8) is 0 Å². The SMILES string of the molecule is N#Cc1cc(C(F)(F)F)ccc1OC1CCOCC1. The van der Waals surface area contributed by atoms with Crippen LogP contribution < -0.4 is 4.74 Å². The summed E-state index contributed by atoms with van der Waals surface area (Å²) >= 11 is 0. The molecule has 0 aromatic heterocycles. The molecule has 0 spiro atoms. The normalized spacial score (nSPS) is 16.9. The number of hydrogen-bond acceptors (Lipinski definition) is 3. The summed E-state index contributed by atoms with van der Waals surface area (Å²) in [6.45, 7) is 1.13. The van der Waals surface area contributed by atoms with Crippen LogP contribution in [-0.4, -0.2) is 19.3 Å². The van der Waals surface area contributed by atoms with Gasteiger partial charge in [0, 0.05) is 12.8 Å². The van der Waals surface area contributed by atoms with E-state index in [4.69, 9.17) is 14.7 Å². The molecule has 2 rings (SSSR count). The first-order chi connectivity index (χ1) is 9.00. The van der Waals surface area contributed by atoms with Gasteiger partial charge in [0.2, 0.25) is 0 Å². The zero-order valence-electron chi connectivity index (χ0n) is 10.0. The fraction of sp³-hybridized carbons (Fsp3) is 0.462. The molecule has 1 saturated heterocycles. The number of hydrogen-bond donors (Lipinski definition) is 0. The van der Waals surface area contributed by atoms with Gasteiger partial charge in [0.25, 0.3) is 0 Å². The van der Waals surface area contributed by atoms with Crippen molar-refractivity contribution >= 4 is 0 Å². The summed E-state index contributed by atoms with van der Waals surface area (Å²) in [6, 6.07) is 4.69. The summed E-state index contributed by atoms with van der Waals surface area (Å²) in [7, 11) is 0. The molecule has 1 heterocycles. The molecule has 1 aliphatic rings. The van der Waals surface area contributed by atoms with E-state index >= 15 is 0 Å². The summed E-state index contributed by atoms with van der Waals surface area (Å²) in [5, 5.41) is 8.92. The van der Waals surface area contributed by atoms with Gasteiger partial charge >= 0.3 is 6.18 Å². The second kappa shape index (κ2) is 5.49. The van der Waals surface area contributed by atoms with E-state index < -0.39 is 11.7 Å². The molecule has 0 atom stereocenters. The molecule has 3 nitrogen and oxygen atoms in total. The third kappa shape index (κ3) is 3.38. The Labute approximate surface area is 108 Å². The molecule has 19 heavy (non-hydrogen) atoms. The minimum Gasteiger partial charge on any atom is -0.489 e. The van der Waals surface area contributed by atoms with E-state index in [2.05, 4.69) is 0 Å². The maximum Gasteiger partial charge on any atom is 0.416 e. The van der Waals surface area contributed by atoms with Crippen molar-refractivity contribution in [2.75, 3.05) is 13.2 Å². The second-order valence-electron chi connectivity index (χ2n) is 4.25. The predicted octanol–water partition coefficient (Wildman–Crippen LogP) is 3.13. The fourth-order valence-electron chi connectivity index (χ4n) is 1.87. The Morgan fingerprint density at radius 3 is 2.53 bits per heavy atom. The Balaban J connectivity index is 2.19. The maximum absolute atomic E-state index is 12.5. The van der Waals surface area contributed by atoms with E-state index in [1.54, 1.807) is 6.07 Å². The highest BCUT2D eigenvalue weighted by Gasteiger charge is 2.31. The highest BCUT2D eigenvalue weighted by atomic mass is 19.4. The first-order valence-corrected chi connectivity index (χ1v) is 5.86. The molecule has 102 valence electrons. The number of rotatable bonds is 2. The van der Waals surface area contributed by atoms with E-state index in [1.165, 1.54) is 6.07 Å². The van der Waals surface area contributed by atoms with Gasteiger partial charge in [0.05, 0.1) is 24.3 Å². The molecular weight excluding hydrogens is 259 g/mol. The summed E-state index contributed by atoms with van der Waals surface area (Å²) in [4.78, 5) is 0. The van der Waals surface area contributed by atoms with Gasteiger partial charge in [-0.1, -0.05) is 0 Å². The van der Waals surface area contributed by atoms with E-state index in [0.717, 1.165) is 12.1 Å². The highest BCUT2D eigenvalue weighted by molar-refractivity contribution is 5.46. The monoisotopic (exact) mass is 271 g/mol. The first kappa shape index (κ1) is 13.7. The lowest BCUT2D eigenvalue weighted by atomic mass is 10.1. The van der Waals surface area contributed by atoms with Gasteiger partial charge in [0.15, 0.2) is 0 Å². The molecule has 0 aliphatic carbocycles. The molecular formula is C13H12F3NO2. The van der Waals surface area contributed by atoms with Crippen LogP contribution in [0.15, 0.2) is 18.2 Å². The number of benzene rings is 1. The van der Waals surface area contributed by atoms with E-state index in [-0.39, 0.29) is 17.4 Å². The summed E-state index contributed by atoms with van der Waals surface area (Å²) in [5.41, 5.74) is -0.940. The lowest BCUT2D eigenvalue weighted by molar-refractivity contribution is -0.137. The zero-order chi connectivity index (χ0) is 13.9. The van der Waals surface area contributed by atoms with Crippen LogP contribution in [-0.2, 0) is 10.9 Å². The van der Waals surface area contributed by atoms with Crippen LogP contribution in [0.1, 0.15) is 24.0 Å². The number of nitriles is 1. The Morgan fingerprint density at radius 2 is 1.95 bits per heavy atom. The van der Waals surface area contributed by atoms with E-state index in [1.807, 2.05) is 0 Å². The fourth-order valence-corrected chi connectivity index (χ4v) is 1.87. The van der Waals surface area contributed by atoms with Gasteiger partial charge < -0.3 is 9.47 Å². The molecule has 0 bridgehead atoms. The quantitative estimate of drug-likeness (QED) is 0.829. The first-order valence-electron chi connectivity index (χ1n) is 5.86. The summed E-state index contributed by atoms with van der Waals surface area (Å²) in [5.74, 6) is 0.197. The number of halogens is 3. The smallest absolute Gasteiger partial charge is 0.416 e. The van der Waals surface area contributed by atoms with Gasteiger partial charge in [0.1, 0.15) is 17.9 Å². The van der Waals surface area contributed by atoms with Crippen molar-refractivity contribution in [3.05, 3.63) is 29.3 Å². The highest BCUT2D eigenvalue weighted by Crippen LogP contribution is 2.33. The van der Waals surface area contributed by atoms with E-state index in [9.17, 15) is 13.2 Å². The van der Waals surface area contributed by atoms with Crippen molar-refractivity contribution in [1.29, 1.82) is 5.26 Å². The minimum atomic E-state index is -4.46. The van der Waals surface area contributed by atoms with E-state index in [0.29, 0.717) is 26.1 Å². The summed E-state index contributed by atoms with van der Waals surface area (Å²) in [6.07, 6.45) is -3.22. The van der Waals surface area contributed by atoms with Crippen LogP contribution in [0.25, 0.3) is 0 Å². The maximum atomic E-state index is 12.5. The third-order valence-corrected chi connectivity index (χ3v) is 2.89. The van der Waals surface area contributed by atoms with Crippen molar-refractivity contribution in [3.8, 4) is 11.8 Å². The topological polar surface area (TPSA) is 42.2 Å². The van der Waals surface area contributed by atoms with Crippen molar-refractivity contribution in [2.24, 2.45) is 0 Å². The van der Waals surface area contributed by atoms with Gasteiger partial charge in [-0.15, -0.1) is 0 Å². The van der Waals surface area contributed by atoms with Gasteiger partial charge in [-0.25, -0.2) is 0 Å². The lowest BCUT2D eigenvalue weighted by Gasteiger charge is -2.24. The van der Waals surface area contributed by atoms with Crippen molar-refractivity contribution in [1.82, 2.24) is 0 Å². The largest absolute Gasteiger partial charge is 0.489 e. The van der Waals surface area contributed by atoms with Crippen LogP contribution in [0.2, 0.25) is 0 Å². The molecule has 0 N–H and O–H groups in total. The lowest BCUT2D eigenvalue weighted by Crippen LogP contribution is -2.26. The molecule has 1 aromatic rings. The molecule has 6 heteroatoms. The Kier molecular flexibility index (Phi) is 3.96. The standard InChI is InChI=1S/C13H12F3NO2/c14-13(15,16)10-1-2-12(9(7-10)8-17)19-11-3-5-18-6-4-11/h1-2,7,11H,3-6H2. The van der Waals surface area contributed by atoms with Crippen molar-refractivity contribution < 1.29 is 22.6 Å². The zero-order valence-corrected chi connectivity index (χ0v) is 10.0. The second-order valence-corrected chi connectivity index (χ2v) is 4.25. The number of alkyl halides is 3. The molecule has 0 amide bonds. The third-order valence-electron chi connectivity index (χ3n) is 2.89. The van der Waals surface area contributed by atoms with Crippen LogP contribution in [0.3, 0.4) is 0 Å². The summed E-state index contributed by atoms with van der Waals surface area (Å²) < 4.78 is 48.3. The molecule has 0 saturated carbocycles. The molecule has 1 aliphatic heterocycles. The number of ether oxygens (including phenoxy) is 2. The average molecular weight is 271 g/mol. The minimum absolute atomic E-state index is 0.0960. The van der Waals surface area contributed by atoms with Crippen LogP contribution in [0.5, 0.6) is 5.75 Å². The van der Waals surface area contributed by atoms with Crippen LogP contribution >= 0.6 is 0 Å². The number of nitrogens with zero attached hydrogens (tertiary/aromatic N) is 1. The Bertz CT molecular complexity index is 488. The average Bonchev–Trinajstić information content (AvgIpc) is 2.39.